The van der Waals surface area contributed by atoms with Crippen molar-refractivity contribution in [2.75, 3.05) is 19.5 Å². The number of amides is 1. The lowest BCUT2D eigenvalue weighted by molar-refractivity contribution is -0.121. The summed E-state index contributed by atoms with van der Waals surface area (Å²) in [6.07, 6.45) is 1.55. The van der Waals surface area contributed by atoms with Gasteiger partial charge in [0.1, 0.15) is 17.5 Å². The van der Waals surface area contributed by atoms with Crippen LogP contribution < -0.4 is 20.2 Å². The summed E-state index contributed by atoms with van der Waals surface area (Å²) < 4.78 is 10.5. The van der Waals surface area contributed by atoms with Crippen LogP contribution in [0, 0.1) is 0 Å². The second-order valence-corrected chi connectivity index (χ2v) is 5.04. The van der Waals surface area contributed by atoms with E-state index in [0.717, 1.165) is 11.3 Å². The molecule has 2 aromatic rings. The van der Waals surface area contributed by atoms with Crippen LogP contribution in [-0.2, 0) is 4.79 Å². The van der Waals surface area contributed by atoms with Gasteiger partial charge in [0.2, 0.25) is 0 Å². The third-order valence-electron chi connectivity index (χ3n) is 3.39. The highest BCUT2D eigenvalue weighted by molar-refractivity contribution is 5.88. The van der Waals surface area contributed by atoms with Crippen LogP contribution in [0.3, 0.4) is 0 Å². The van der Waals surface area contributed by atoms with Crippen LogP contribution >= 0.6 is 0 Å². The van der Waals surface area contributed by atoms with Crippen molar-refractivity contribution >= 4 is 17.8 Å². The van der Waals surface area contributed by atoms with E-state index in [9.17, 15) is 4.79 Å². The molecule has 0 spiro atoms. The number of carbonyl (C=O) groups is 1. The van der Waals surface area contributed by atoms with Crippen LogP contribution in [0.25, 0.3) is 0 Å². The minimum atomic E-state index is -0.476. The number of anilines is 1. The lowest BCUT2D eigenvalue weighted by Gasteiger charge is -2.15. The quantitative estimate of drug-likeness (QED) is 0.606. The van der Waals surface area contributed by atoms with Gasteiger partial charge in [-0.3, -0.25) is 4.79 Å². The highest BCUT2D eigenvalue weighted by Crippen LogP contribution is 2.23. The average Bonchev–Trinajstić information content (AvgIpc) is 2.62. The van der Waals surface area contributed by atoms with E-state index in [2.05, 4.69) is 15.8 Å². The minimum Gasteiger partial charge on any atom is -0.496 e. The molecule has 24 heavy (non-hydrogen) atoms. The standard InChI is InChI=1S/C18H21N3O3/c1-13(20-15-9-5-7-11-17(15)24-3)18(22)21-19-12-14-8-4-6-10-16(14)23-2/h4-13,20H,1-3H3,(H,21,22). The molecule has 6 nitrogen and oxygen atoms in total. The molecule has 0 bridgehead atoms. The molecular weight excluding hydrogens is 306 g/mol. The van der Waals surface area contributed by atoms with Crippen LogP contribution in [0.5, 0.6) is 11.5 Å². The number of hydrazone groups is 1. The normalized spacial score (nSPS) is 11.8. The van der Waals surface area contributed by atoms with Gasteiger partial charge in [-0.15, -0.1) is 0 Å². The summed E-state index contributed by atoms with van der Waals surface area (Å²) in [6, 6.07) is 14.4. The minimum absolute atomic E-state index is 0.257. The fraction of sp³-hybridized carbons (Fsp3) is 0.222. The van der Waals surface area contributed by atoms with Gasteiger partial charge in [-0.25, -0.2) is 5.43 Å². The van der Waals surface area contributed by atoms with E-state index in [1.54, 1.807) is 27.4 Å². The molecular formula is C18H21N3O3. The van der Waals surface area contributed by atoms with E-state index in [4.69, 9.17) is 9.47 Å². The number of nitrogens with zero attached hydrogens (tertiary/aromatic N) is 1. The SMILES string of the molecule is COc1ccccc1C=NNC(=O)C(C)Nc1ccccc1OC. The van der Waals surface area contributed by atoms with Crippen molar-refractivity contribution in [1.29, 1.82) is 0 Å². The lowest BCUT2D eigenvalue weighted by Crippen LogP contribution is -2.35. The fourth-order valence-corrected chi connectivity index (χ4v) is 2.10. The van der Waals surface area contributed by atoms with Crippen molar-refractivity contribution in [3.05, 3.63) is 54.1 Å². The first-order valence-corrected chi connectivity index (χ1v) is 7.51. The Balaban J connectivity index is 1.95. The van der Waals surface area contributed by atoms with Crippen LogP contribution in [-0.4, -0.2) is 32.4 Å². The molecule has 0 aliphatic carbocycles. The zero-order chi connectivity index (χ0) is 17.4. The summed E-state index contributed by atoms with van der Waals surface area (Å²) >= 11 is 0. The van der Waals surface area contributed by atoms with Gasteiger partial charge in [0.25, 0.3) is 5.91 Å². The highest BCUT2D eigenvalue weighted by atomic mass is 16.5. The van der Waals surface area contributed by atoms with E-state index in [-0.39, 0.29) is 5.91 Å². The first-order chi connectivity index (χ1) is 11.7. The Morgan fingerprint density at radius 3 is 2.38 bits per heavy atom. The molecule has 2 rings (SSSR count). The maximum absolute atomic E-state index is 12.1. The molecule has 0 saturated heterocycles. The van der Waals surface area contributed by atoms with Crippen LogP contribution in [0.15, 0.2) is 53.6 Å². The molecule has 126 valence electrons. The largest absolute Gasteiger partial charge is 0.496 e. The number of para-hydroxylation sites is 3. The summed E-state index contributed by atoms with van der Waals surface area (Å²) in [5.74, 6) is 1.11. The van der Waals surface area contributed by atoms with Gasteiger partial charge in [0, 0.05) is 5.56 Å². The van der Waals surface area contributed by atoms with Crippen molar-refractivity contribution in [3.8, 4) is 11.5 Å². The lowest BCUT2D eigenvalue weighted by atomic mass is 10.2. The zero-order valence-electron chi connectivity index (χ0n) is 13.9. The van der Waals surface area contributed by atoms with Gasteiger partial charge in [0.05, 0.1) is 26.1 Å². The molecule has 0 radical (unpaired) electrons. The van der Waals surface area contributed by atoms with Gasteiger partial charge >= 0.3 is 0 Å². The Morgan fingerprint density at radius 1 is 1.04 bits per heavy atom. The van der Waals surface area contributed by atoms with Crippen molar-refractivity contribution in [3.63, 3.8) is 0 Å². The molecule has 0 aromatic heterocycles. The van der Waals surface area contributed by atoms with E-state index in [0.29, 0.717) is 11.5 Å². The molecule has 0 saturated carbocycles. The maximum atomic E-state index is 12.1. The topological polar surface area (TPSA) is 72.0 Å². The first-order valence-electron chi connectivity index (χ1n) is 7.51. The third-order valence-corrected chi connectivity index (χ3v) is 3.39. The molecule has 2 aromatic carbocycles. The highest BCUT2D eigenvalue weighted by Gasteiger charge is 2.13. The molecule has 0 fully saturated rings. The summed E-state index contributed by atoms with van der Waals surface area (Å²) in [5.41, 5.74) is 4.04. The Morgan fingerprint density at radius 2 is 1.67 bits per heavy atom. The van der Waals surface area contributed by atoms with Crippen molar-refractivity contribution in [1.82, 2.24) is 5.43 Å². The summed E-state index contributed by atoms with van der Waals surface area (Å²) in [7, 11) is 3.17. The summed E-state index contributed by atoms with van der Waals surface area (Å²) in [6.45, 7) is 1.75. The molecule has 1 amide bonds. The van der Waals surface area contributed by atoms with Gasteiger partial charge in [-0.05, 0) is 31.2 Å². The Kier molecular flexibility index (Phi) is 6.19. The summed E-state index contributed by atoms with van der Waals surface area (Å²) in [5, 5.41) is 7.08. The molecule has 0 aliphatic rings. The molecule has 2 N–H and O–H groups in total. The van der Waals surface area contributed by atoms with Crippen LogP contribution in [0.4, 0.5) is 5.69 Å². The number of nitrogens with one attached hydrogen (secondary N) is 2. The first kappa shape index (κ1) is 17.3. The maximum Gasteiger partial charge on any atom is 0.262 e. The van der Waals surface area contributed by atoms with Crippen LogP contribution in [0.2, 0.25) is 0 Å². The zero-order valence-corrected chi connectivity index (χ0v) is 13.9. The Labute approximate surface area is 141 Å². The monoisotopic (exact) mass is 327 g/mol. The van der Waals surface area contributed by atoms with E-state index in [1.807, 2.05) is 48.5 Å². The van der Waals surface area contributed by atoms with Gasteiger partial charge < -0.3 is 14.8 Å². The second kappa shape index (κ2) is 8.57. The van der Waals surface area contributed by atoms with Crippen molar-refractivity contribution < 1.29 is 14.3 Å². The molecule has 1 unspecified atom stereocenters. The number of benzene rings is 2. The predicted molar refractivity (Wildman–Crippen MR) is 94.8 cm³/mol. The van der Waals surface area contributed by atoms with Crippen LogP contribution in [0.1, 0.15) is 12.5 Å². The van der Waals surface area contributed by atoms with Gasteiger partial charge in [0.15, 0.2) is 0 Å². The van der Waals surface area contributed by atoms with E-state index < -0.39 is 6.04 Å². The Hall–Kier alpha value is -3.02. The molecule has 6 heteroatoms. The van der Waals surface area contributed by atoms with E-state index in [1.165, 1.54) is 0 Å². The number of methoxy groups -OCH3 is 2. The second-order valence-electron chi connectivity index (χ2n) is 5.04. The predicted octanol–water partition coefficient (Wildman–Crippen LogP) is 2.65. The number of carbonyl (C=O) groups excluding carboxylic acids is 1. The van der Waals surface area contributed by atoms with Crippen molar-refractivity contribution in [2.45, 2.75) is 13.0 Å². The average molecular weight is 327 g/mol. The number of hydrogen-bond donors (Lipinski definition) is 2. The fourth-order valence-electron chi connectivity index (χ4n) is 2.10. The summed E-state index contributed by atoms with van der Waals surface area (Å²) in [4.78, 5) is 12.1. The number of ether oxygens (including phenoxy) is 2. The smallest absolute Gasteiger partial charge is 0.262 e. The number of hydrogen-bond acceptors (Lipinski definition) is 5. The van der Waals surface area contributed by atoms with Crippen molar-refractivity contribution in [2.24, 2.45) is 5.10 Å². The van der Waals surface area contributed by atoms with Gasteiger partial charge in [-0.2, -0.15) is 5.10 Å². The van der Waals surface area contributed by atoms with Gasteiger partial charge in [-0.1, -0.05) is 24.3 Å². The molecule has 1 atom stereocenters. The van der Waals surface area contributed by atoms with E-state index >= 15 is 0 Å². The Bertz CT molecular complexity index is 716. The molecule has 0 aliphatic heterocycles. The number of rotatable bonds is 7. The third kappa shape index (κ3) is 4.49. The molecule has 0 heterocycles.